The summed E-state index contributed by atoms with van der Waals surface area (Å²) < 4.78 is 55.3. The van der Waals surface area contributed by atoms with Crippen LogP contribution in [0.25, 0.3) is 11.4 Å². The molecule has 3 heterocycles. The summed E-state index contributed by atoms with van der Waals surface area (Å²) in [7, 11) is 0. The van der Waals surface area contributed by atoms with Crippen molar-refractivity contribution in [1.82, 2.24) is 19.5 Å². The first kappa shape index (κ1) is 21.5. The maximum absolute atomic E-state index is 14.3. The van der Waals surface area contributed by atoms with Crippen LogP contribution in [-0.4, -0.2) is 26.1 Å². The largest absolute Gasteiger partial charge is 0.434 e. The number of imidazole rings is 1. The van der Waals surface area contributed by atoms with E-state index in [1.165, 1.54) is 4.57 Å². The average Bonchev–Trinajstić information content (AvgIpc) is 3.37. The molecule has 1 aliphatic heterocycles. The minimum atomic E-state index is -4.51. The second-order valence-electron chi connectivity index (χ2n) is 7.73. The van der Waals surface area contributed by atoms with Gasteiger partial charge in [-0.1, -0.05) is 24.3 Å². The van der Waals surface area contributed by atoms with Crippen LogP contribution in [0.3, 0.4) is 0 Å². The van der Waals surface area contributed by atoms with Crippen LogP contribution in [0.1, 0.15) is 50.0 Å². The number of aromatic nitrogens is 4. The van der Waals surface area contributed by atoms with Gasteiger partial charge >= 0.3 is 6.18 Å². The van der Waals surface area contributed by atoms with Crippen molar-refractivity contribution in [3.8, 4) is 11.4 Å². The van der Waals surface area contributed by atoms with Gasteiger partial charge < -0.3 is 9.47 Å². The standard InChI is InChI=1S/C21H20ClF4N5/c1-12(2)31-11-17(21(24,25)26)28-18(31)14-7-5-13(6-8-14)16-4-3-9-30(16)19-15(23)10-27-20(22)29-19/h5-8,10-12,16H,3-4,9H2,1-2H3. The summed E-state index contributed by atoms with van der Waals surface area (Å²) in [5.41, 5.74) is 0.571. The topological polar surface area (TPSA) is 46.8 Å². The number of alkyl halides is 3. The molecule has 164 valence electrons. The van der Waals surface area contributed by atoms with E-state index >= 15 is 0 Å². The lowest BCUT2D eigenvalue weighted by molar-refractivity contribution is -0.140. The van der Waals surface area contributed by atoms with Crippen molar-refractivity contribution in [2.24, 2.45) is 0 Å². The van der Waals surface area contributed by atoms with Crippen LogP contribution in [0.2, 0.25) is 5.28 Å². The molecule has 1 fully saturated rings. The van der Waals surface area contributed by atoms with E-state index in [1.807, 2.05) is 17.0 Å². The number of benzene rings is 1. The van der Waals surface area contributed by atoms with Crippen molar-refractivity contribution in [2.75, 3.05) is 11.4 Å². The summed E-state index contributed by atoms with van der Waals surface area (Å²) >= 11 is 5.85. The zero-order chi connectivity index (χ0) is 22.3. The van der Waals surface area contributed by atoms with Gasteiger partial charge in [-0.2, -0.15) is 18.2 Å². The first-order valence-corrected chi connectivity index (χ1v) is 10.2. The molecule has 1 atom stereocenters. The van der Waals surface area contributed by atoms with E-state index in [2.05, 4.69) is 15.0 Å². The third-order valence-electron chi connectivity index (χ3n) is 5.35. The van der Waals surface area contributed by atoms with Crippen molar-refractivity contribution < 1.29 is 17.6 Å². The Kier molecular flexibility index (Phi) is 5.63. The van der Waals surface area contributed by atoms with Crippen LogP contribution in [-0.2, 0) is 6.18 Å². The van der Waals surface area contributed by atoms with Crippen LogP contribution in [0, 0.1) is 5.82 Å². The maximum atomic E-state index is 14.3. The molecule has 10 heteroatoms. The molecule has 1 aliphatic rings. The average molecular weight is 454 g/mol. The lowest BCUT2D eigenvalue weighted by atomic mass is 10.0. The molecule has 3 aromatic rings. The molecule has 1 unspecified atom stereocenters. The molecule has 0 bridgehead atoms. The Morgan fingerprint density at radius 2 is 1.84 bits per heavy atom. The Hall–Kier alpha value is -2.68. The molecule has 31 heavy (non-hydrogen) atoms. The van der Waals surface area contributed by atoms with E-state index in [-0.39, 0.29) is 29.0 Å². The summed E-state index contributed by atoms with van der Waals surface area (Å²) in [5, 5.41) is -0.0293. The van der Waals surface area contributed by atoms with Gasteiger partial charge in [0.15, 0.2) is 17.3 Å². The number of halogens is 5. The van der Waals surface area contributed by atoms with E-state index in [4.69, 9.17) is 11.6 Å². The van der Waals surface area contributed by atoms with Crippen LogP contribution < -0.4 is 4.90 Å². The summed E-state index contributed by atoms with van der Waals surface area (Å²) in [5.74, 6) is -0.144. The maximum Gasteiger partial charge on any atom is 0.434 e. The highest BCUT2D eigenvalue weighted by Gasteiger charge is 2.35. The van der Waals surface area contributed by atoms with Gasteiger partial charge in [0.25, 0.3) is 0 Å². The van der Waals surface area contributed by atoms with Gasteiger partial charge in [0.2, 0.25) is 5.28 Å². The minimum Gasteiger partial charge on any atom is -0.347 e. The lowest BCUT2D eigenvalue weighted by Crippen LogP contribution is -2.25. The normalized spacial score (nSPS) is 17.0. The number of rotatable bonds is 4. The van der Waals surface area contributed by atoms with Crippen LogP contribution in [0.5, 0.6) is 0 Å². The smallest absolute Gasteiger partial charge is 0.347 e. The predicted molar refractivity (Wildman–Crippen MR) is 109 cm³/mol. The third kappa shape index (κ3) is 4.23. The van der Waals surface area contributed by atoms with E-state index in [9.17, 15) is 17.6 Å². The zero-order valence-corrected chi connectivity index (χ0v) is 17.6. The van der Waals surface area contributed by atoms with Gasteiger partial charge in [0, 0.05) is 24.3 Å². The van der Waals surface area contributed by atoms with Crippen molar-refractivity contribution in [2.45, 2.75) is 44.9 Å². The molecule has 2 aromatic heterocycles. The highest BCUT2D eigenvalue weighted by molar-refractivity contribution is 6.28. The number of nitrogens with zero attached hydrogens (tertiary/aromatic N) is 5. The SMILES string of the molecule is CC(C)n1cc(C(F)(F)F)nc1-c1ccc(C2CCCN2c2nc(Cl)ncc2F)cc1. The fourth-order valence-corrected chi connectivity index (χ4v) is 4.03. The quantitative estimate of drug-likeness (QED) is 0.355. The molecule has 0 aliphatic carbocycles. The van der Waals surface area contributed by atoms with E-state index in [1.54, 1.807) is 26.0 Å². The van der Waals surface area contributed by atoms with Gasteiger partial charge in [-0.3, -0.25) is 0 Å². The van der Waals surface area contributed by atoms with Crippen molar-refractivity contribution in [3.63, 3.8) is 0 Å². The van der Waals surface area contributed by atoms with E-state index < -0.39 is 17.7 Å². The highest BCUT2D eigenvalue weighted by atomic mass is 35.5. The minimum absolute atomic E-state index is 0.0293. The highest BCUT2D eigenvalue weighted by Crippen LogP contribution is 2.38. The fourth-order valence-electron chi connectivity index (χ4n) is 3.90. The number of hydrogen-bond acceptors (Lipinski definition) is 4. The summed E-state index contributed by atoms with van der Waals surface area (Å²) in [4.78, 5) is 13.4. The molecule has 4 rings (SSSR count). The van der Waals surface area contributed by atoms with Gasteiger partial charge in [0.05, 0.1) is 12.2 Å². The molecule has 1 saturated heterocycles. The molecule has 0 spiro atoms. The number of anilines is 1. The van der Waals surface area contributed by atoms with Crippen LogP contribution in [0.15, 0.2) is 36.7 Å². The van der Waals surface area contributed by atoms with Gasteiger partial charge in [-0.15, -0.1) is 0 Å². The third-order valence-corrected chi connectivity index (χ3v) is 5.54. The van der Waals surface area contributed by atoms with Crippen molar-refractivity contribution in [3.05, 3.63) is 59.0 Å². The molecule has 1 aromatic carbocycles. The Morgan fingerprint density at radius 3 is 2.48 bits per heavy atom. The first-order chi connectivity index (χ1) is 14.6. The van der Waals surface area contributed by atoms with E-state index in [0.29, 0.717) is 12.1 Å². The second kappa shape index (κ2) is 8.11. The summed E-state index contributed by atoms with van der Waals surface area (Å²) in [6, 6.07) is 6.86. The lowest BCUT2D eigenvalue weighted by Gasteiger charge is -2.26. The first-order valence-electron chi connectivity index (χ1n) is 9.86. The fraction of sp³-hybridized carbons (Fsp3) is 0.381. The monoisotopic (exact) mass is 453 g/mol. The second-order valence-corrected chi connectivity index (χ2v) is 8.07. The Morgan fingerprint density at radius 1 is 1.13 bits per heavy atom. The zero-order valence-electron chi connectivity index (χ0n) is 16.9. The summed E-state index contributed by atoms with van der Waals surface area (Å²) in [6.07, 6.45) is -0.789. The summed E-state index contributed by atoms with van der Waals surface area (Å²) in [6.45, 7) is 4.22. The molecule has 0 saturated carbocycles. The molecule has 5 nitrogen and oxygen atoms in total. The van der Waals surface area contributed by atoms with Crippen LogP contribution >= 0.6 is 11.6 Å². The molecule has 0 radical (unpaired) electrons. The Balaban J connectivity index is 1.66. The van der Waals surface area contributed by atoms with Crippen molar-refractivity contribution >= 4 is 17.4 Å². The molecular formula is C21H20ClF4N5. The van der Waals surface area contributed by atoms with Gasteiger partial charge in [-0.05, 0) is 43.9 Å². The molecule has 0 N–H and O–H groups in total. The Bertz CT molecular complexity index is 1080. The van der Waals surface area contributed by atoms with E-state index in [0.717, 1.165) is 30.8 Å². The number of hydrogen-bond donors (Lipinski definition) is 0. The van der Waals surface area contributed by atoms with Gasteiger partial charge in [-0.25, -0.2) is 14.4 Å². The van der Waals surface area contributed by atoms with Crippen molar-refractivity contribution in [1.29, 1.82) is 0 Å². The predicted octanol–water partition coefficient (Wildman–Crippen LogP) is 6.07. The molecule has 0 amide bonds. The Labute approximate surface area is 181 Å². The van der Waals surface area contributed by atoms with Gasteiger partial charge in [0.1, 0.15) is 5.82 Å². The van der Waals surface area contributed by atoms with Crippen LogP contribution in [0.4, 0.5) is 23.4 Å². The molecular weight excluding hydrogens is 434 g/mol.